The number of aliphatic hydroxyl groups excluding tert-OH is 2. The van der Waals surface area contributed by atoms with E-state index in [-0.39, 0.29) is 44.9 Å². The van der Waals surface area contributed by atoms with E-state index in [2.05, 4.69) is 15.4 Å². The second-order valence-corrected chi connectivity index (χ2v) is 19.7. The molecule has 3 aromatic rings. The molecule has 5 heterocycles. The molecule has 9 rings (SSSR count). The number of rotatable bonds is 13. The van der Waals surface area contributed by atoms with Crippen LogP contribution in [-0.2, 0) is 67.5 Å². The van der Waals surface area contributed by atoms with Gasteiger partial charge >= 0.3 is 24.2 Å². The Labute approximate surface area is 434 Å². The normalized spacial score (nSPS) is 23.8. The lowest BCUT2D eigenvalue weighted by atomic mass is 9.74. The van der Waals surface area contributed by atoms with Crippen LogP contribution in [0.2, 0.25) is 0 Å². The molecule has 3 aromatic carbocycles. The summed E-state index contributed by atoms with van der Waals surface area (Å²) in [5, 5.41) is 25.7. The van der Waals surface area contributed by atoms with Crippen molar-refractivity contribution in [2.45, 2.75) is 126 Å². The Morgan fingerprint density at radius 2 is 1.09 bits per heavy atom. The van der Waals surface area contributed by atoms with Crippen molar-refractivity contribution in [2.24, 2.45) is 5.92 Å². The van der Waals surface area contributed by atoms with E-state index in [4.69, 9.17) is 14.2 Å². The molecule has 0 radical (unpaired) electrons. The van der Waals surface area contributed by atoms with Crippen molar-refractivity contribution in [3.8, 4) is 0 Å². The van der Waals surface area contributed by atoms with Crippen molar-refractivity contribution in [1.82, 2.24) is 30.2 Å². The van der Waals surface area contributed by atoms with Gasteiger partial charge in [-0.1, -0.05) is 91.0 Å². The number of ether oxygens (including phenoxy) is 4. The number of methoxy groups -OCH3 is 1. The van der Waals surface area contributed by atoms with Crippen molar-refractivity contribution < 1.29 is 72.3 Å². The standard InChI is InChI=1S/C26H29N3O7.C21H26N2O7.C7H11NO/c1-18(30)21(27-24(33)35-15-19-9-4-2-5-10-19)22(31)28-17-26(23(28)32)13-8-14-29(26)25(34)36-16-20-11-6-3-7-12-20;1-14(24)16(11-17(25)29-2)18(26)22-13-21(19(22)27)9-6-10-23(21)20(28)30-12-15-7-4-3-5-8-15;9-6-2-4-7(6)3-1-5-8-7/h2-7,9-12,18,21,30H,8,13-17H2,1H3,(H,27,33);3-5,7-8,14,16,24H,6,9-13H2,1-2H3;8H,1-5H2. The van der Waals surface area contributed by atoms with Crippen LogP contribution < -0.4 is 10.6 Å². The molecule has 21 nitrogen and oxygen atoms in total. The van der Waals surface area contributed by atoms with E-state index < -0.39 is 83.1 Å². The quantitative estimate of drug-likeness (QED) is 0.108. The van der Waals surface area contributed by atoms with E-state index in [1.807, 2.05) is 66.7 Å². The minimum atomic E-state index is -1.38. The summed E-state index contributed by atoms with van der Waals surface area (Å²) >= 11 is 0. The molecule has 7 unspecified atom stereocenters. The number of carbonyl (C=O) groups excluding carboxylic acids is 9. The second kappa shape index (κ2) is 24.4. The molecule has 3 spiro atoms. The van der Waals surface area contributed by atoms with Crippen LogP contribution in [0.1, 0.15) is 88.3 Å². The third-order valence-electron chi connectivity index (χ3n) is 14.8. The zero-order valence-corrected chi connectivity index (χ0v) is 42.5. The van der Waals surface area contributed by atoms with Gasteiger partial charge < -0.3 is 39.8 Å². The Morgan fingerprint density at radius 1 is 0.627 bits per heavy atom. The number of esters is 1. The van der Waals surface area contributed by atoms with Crippen molar-refractivity contribution in [2.75, 3.05) is 39.8 Å². The third kappa shape index (κ3) is 12.3. The Morgan fingerprint density at radius 3 is 1.45 bits per heavy atom. The van der Waals surface area contributed by atoms with Gasteiger partial charge in [0.1, 0.15) is 36.9 Å². The predicted octanol–water partition coefficient (Wildman–Crippen LogP) is 3.76. The first kappa shape index (κ1) is 55.5. The van der Waals surface area contributed by atoms with Crippen LogP contribution in [0.5, 0.6) is 0 Å². The second-order valence-electron chi connectivity index (χ2n) is 19.7. The van der Waals surface area contributed by atoms with Gasteiger partial charge in [-0.15, -0.1) is 0 Å². The van der Waals surface area contributed by atoms with Gasteiger partial charge in [-0.05, 0) is 82.0 Å². The molecule has 6 aliphatic rings. The van der Waals surface area contributed by atoms with Gasteiger partial charge in [0, 0.05) is 19.5 Å². The highest BCUT2D eigenvalue weighted by molar-refractivity contribution is 6.09. The lowest BCUT2D eigenvalue weighted by Gasteiger charge is -2.50. The minimum absolute atomic E-state index is 0.0139. The molecular weight excluding hydrogens is 973 g/mol. The summed E-state index contributed by atoms with van der Waals surface area (Å²) in [6, 6.07) is 26.0. The summed E-state index contributed by atoms with van der Waals surface area (Å²) in [5.41, 5.74) is 0.144. The molecular formula is C54H66N6O15. The largest absolute Gasteiger partial charge is 0.469 e. The molecule has 1 saturated carbocycles. The predicted molar refractivity (Wildman–Crippen MR) is 265 cm³/mol. The van der Waals surface area contributed by atoms with Crippen LogP contribution in [0.4, 0.5) is 14.4 Å². The maximum Gasteiger partial charge on any atom is 0.411 e. The molecule has 0 aromatic heterocycles. The molecule has 6 fully saturated rings. The maximum atomic E-state index is 13.2. The summed E-state index contributed by atoms with van der Waals surface area (Å²) in [6.07, 6.45) is 1.39. The number of imide groups is 2. The highest BCUT2D eigenvalue weighted by Crippen LogP contribution is 2.42. The molecule has 7 atom stereocenters. The molecule has 7 amide bonds. The fourth-order valence-electron chi connectivity index (χ4n) is 10.3. The summed E-state index contributed by atoms with van der Waals surface area (Å²) in [4.78, 5) is 117. The van der Waals surface area contributed by atoms with Crippen LogP contribution in [-0.4, -0.2) is 158 Å². The van der Waals surface area contributed by atoms with E-state index in [1.165, 1.54) is 37.2 Å². The van der Waals surface area contributed by atoms with Crippen LogP contribution in [0, 0.1) is 5.92 Å². The van der Waals surface area contributed by atoms with E-state index in [0.717, 1.165) is 52.3 Å². The molecule has 5 saturated heterocycles. The van der Waals surface area contributed by atoms with Crippen molar-refractivity contribution in [3.63, 3.8) is 0 Å². The zero-order valence-electron chi connectivity index (χ0n) is 42.5. The smallest absolute Gasteiger partial charge is 0.411 e. The highest BCUT2D eigenvalue weighted by Gasteiger charge is 2.64. The summed E-state index contributed by atoms with van der Waals surface area (Å²) in [6.45, 7) is 4.61. The first-order valence-corrected chi connectivity index (χ1v) is 25.3. The average molecular weight is 1040 g/mol. The number of hydrogen-bond acceptors (Lipinski definition) is 16. The van der Waals surface area contributed by atoms with Crippen molar-refractivity contribution >= 4 is 53.7 Å². The van der Waals surface area contributed by atoms with Crippen molar-refractivity contribution in [3.05, 3.63) is 108 Å². The van der Waals surface area contributed by atoms with Crippen LogP contribution in [0.3, 0.4) is 0 Å². The molecule has 402 valence electrons. The van der Waals surface area contributed by atoms with E-state index in [9.17, 15) is 53.4 Å². The lowest BCUT2D eigenvalue weighted by Crippen LogP contribution is -2.76. The number of hydrogen-bond donors (Lipinski definition) is 4. The topological polar surface area (TPSA) is 268 Å². The molecule has 5 aliphatic heterocycles. The van der Waals surface area contributed by atoms with Gasteiger partial charge in [0.05, 0.1) is 50.3 Å². The Balaban J connectivity index is 0.000000189. The number of likely N-dealkylation sites (tertiary alicyclic amines) is 4. The van der Waals surface area contributed by atoms with E-state index in [1.54, 1.807) is 24.3 Å². The average Bonchev–Trinajstić information content (AvgIpc) is 4.23. The fraction of sp³-hybridized carbons (Fsp3) is 0.500. The monoisotopic (exact) mass is 1040 g/mol. The SMILES string of the molecule is CC(O)C(NC(=O)OCc1ccccc1)C(=O)N1CC2(CCCN2C(=O)OCc2ccccc2)C1=O.COC(=O)CC(C(=O)N1CC2(CCCN2C(=O)OCc2ccccc2)C1=O)C(C)O.O=C1CCC12CCCN2. The van der Waals surface area contributed by atoms with E-state index >= 15 is 0 Å². The Bertz CT molecular complexity index is 2550. The molecule has 21 heteroatoms. The number of alkyl carbamates (subject to hydrolysis) is 1. The number of amides is 7. The van der Waals surface area contributed by atoms with Crippen LogP contribution in [0.15, 0.2) is 91.0 Å². The Kier molecular flexibility index (Phi) is 18.1. The van der Waals surface area contributed by atoms with Gasteiger partial charge in [0.25, 0.3) is 17.7 Å². The maximum absolute atomic E-state index is 13.2. The summed E-state index contributed by atoms with van der Waals surface area (Å²) < 4.78 is 20.5. The summed E-state index contributed by atoms with van der Waals surface area (Å²) in [5.74, 6) is -3.75. The molecule has 75 heavy (non-hydrogen) atoms. The fourth-order valence-corrected chi connectivity index (χ4v) is 10.3. The number of carbonyl (C=O) groups is 9. The van der Waals surface area contributed by atoms with Crippen LogP contribution in [0.25, 0.3) is 0 Å². The number of nitrogens with zero attached hydrogens (tertiary/aromatic N) is 4. The first-order valence-electron chi connectivity index (χ1n) is 25.3. The summed E-state index contributed by atoms with van der Waals surface area (Å²) in [7, 11) is 1.19. The molecule has 1 aliphatic carbocycles. The van der Waals surface area contributed by atoms with Crippen molar-refractivity contribution in [1.29, 1.82) is 0 Å². The zero-order chi connectivity index (χ0) is 53.9. The molecule has 4 N–H and O–H groups in total. The number of Topliss-reactive ketones (excluding diaryl/α,β-unsaturated/α-hetero) is 1. The minimum Gasteiger partial charge on any atom is -0.469 e. The van der Waals surface area contributed by atoms with Crippen LogP contribution >= 0.6 is 0 Å². The number of β-lactam (4-membered cyclic amide) rings is 2. The number of nitrogens with one attached hydrogen (secondary N) is 2. The van der Waals surface area contributed by atoms with Gasteiger partial charge in [0.2, 0.25) is 5.91 Å². The number of aliphatic hydroxyl groups is 2. The molecule has 0 bridgehead atoms. The highest BCUT2D eigenvalue weighted by atomic mass is 16.6. The van der Waals surface area contributed by atoms with Gasteiger partial charge in [0.15, 0.2) is 5.78 Å². The lowest BCUT2D eigenvalue weighted by molar-refractivity contribution is -0.173. The van der Waals surface area contributed by atoms with Gasteiger partial charge in [-0.3, -0.25) is 48.4 Å². The number of ketones is 1. The Hall–Kier alpha value is -7.23. The van der Waals surface area contributed by atoms with Gasteiger partial charge in [-0.2, -0.15) is 0 Å². The first-order chi connectivity index (χ1) is 35.9. The van der Waals surface area contributed by atoms with E-state index in [0.29, 0.717) is 44.6 Å². The number of benzene rings is 3. The third-order valence-corrected chi connectivity index (χ3v) is 14.8. The van der Waals surface area contributed by atoms with Gasteiger partial charge in [-0.25, -0.2) is 14.4 Å².